The first kappa shape index (κ1) is 20.0. The van der Waals surface area contributed by atoms with Crippen LogP contribution in [0.3, 0.4) is 0 Å². The van der Waals surface area contributed by atoms with Crippen LogP contribution in [-0.2, 0) is 14.8 Å². The normalized spacial score (nSPS) is 23.2. The minimum Gasteiger partial charge on any atom is -0.352 e. The highest BCUT2D eigenvalue weighted by Crippen LogP contribution is 2.44. The second kappa shape index (κ2) is 7.82. The van der Waals surface area contributed by atoms with E-state index in [4.69, 9.17) is 0 Å². The topological polar surface area (TPSA) is 66.5 Å². The van der Waals surface area contributed by atoms with Gasteiger partial charge in [-0.1, -0.05) is 36.2 Å². The highest BCUT2D eigenvalue weighted by atomic mass is 32.2. The molecule has 2 aromatic rings. The second-order valence-electron chi connectivity index (χ2n) is 8.51. The van der Waals surface area contributed by atoms with E-state index in [0.29, 0.717) is 11.6 Å². The van der Waals surface area contributed by atoms with Crippen molar-refractivity contribution in [1.82, 2.24) is 5.32 Å². The first-order valence-electron chi connectivity index (χ1n) is 10.3. The summed E-state index contributed by atoms with van der Waals surface area (Å²) in [5.74, 6) is 1.03. The van der Waals surface area contributed by atoms with Gasteiger partial charge in [0.1, 0.15) is 6.54 Å². The van der Waals surface area contributed by atoms with Gasteiger partial charge in [0, 0.05) is 6.04 Å². The number of carbonyl (C=O) groups excluding carboxylic acids is 1. The van der Waals surface area contributed by atoms with E-state index in [1.54, 1.807) is 36.4 Å². The summed E-state index contributed by atoms with van der Waals surface area (Å²) in [5, 5.41) is 3.11. The molecule has 2 aliphatic carbocycles. The van der Waals surface area contributed by atoms with Gasteiger partial charge in [-0.15, -0.1) is 0 Å². The van der Waals surface area contributed by atoms with Gasteiger partial charge in [-0.05, 0) is 74.8 Å². The molecule has 4 rings (SSSR count). The van der Waals surface area contributed by atoms with Crippen LogP contribution in [0.15, 0.2) is 53.4 Å². The zero-order valence-corrected chi connectivity index (χ0v) is 17.8. The molecule has 2 aromatic carbocycles. The van der Waals surface area contributed by atoms with Gasteiger partial charge < -0.3 is 5.32 Å². The van der Waals surface area contributed by atoms with Crippen LogP contribution < -0.4 is 9.62 Å². The summed E-state index contributed by atoms with van der Waals surface area (Å²) in [5.41, 5.74) is 2.44. The molecular weight excluding hydrogens is 384 g/mol. The molecule has 0 spiro atoms. The fourth-order valence-corrected chi connectivity index (χ4v) is 6.15. The molecule has 2 bridgehead atoms. The Kier molecular flexibility index (Phi) is 5.38. The molecule has 0 aliphatic heterocycles. The lowest BCUT2D eigenvalue weighted by Crippen LogP contribution is -2.46. The Labute approximate surface area is 173 Å². The van der Waals surface area contributed by atoms with Crippen LogP contribution >= 0.6 is 0 Å². The number of fused-ring (bicyclic) bond motifs is 2. The van der Waals surface area contributed by atoms with Crippen LogP contribution in [-0.4, -0.2) is 26.9 Å². The smallest absolute Gasteiger partial charge is 0.264 e. The first-order valence-corrected chi connectivity index (χ1v) is 11.7. The predicted molar refractivity (Wildman–Crippen MR) is 114 cm³/mol. The molecule has 1 N–H and O–H groups in total. The standard InChI is InChI=1S/C23H28N2O3S/c1-16-6-10-21(11-7-16)29(27,28)25(20-5-3-4-17(2)12-20)15-23(26)24-22-14-18-8-9-19(22)13-18/h3-7,10-12,18-19,22H,8-9,13-15H2,1-2H3,(H,24,26)/t18-,19-,22-/m0/s1. The number of rotatable bonds is 6. The van der Waals surface area contributed by atoms with E-state index in [2.05, 4.69) is 5.32 Å². The van der Waals surface area contributed by atoms with E-state index in [1.807, 2.05) is 26.0 Å². The third kappa shape index (κ3) is 4.17. The minimum atomic E-state index is -3.85. The van der Waals surface area contributed by atoms with Crippen LogP contribution in [0, 0.1) is 25.7 Å². The molecule has 0 saturated heterocycles. The maximum absolute atomic E-state index is 13.4. The number of sulfonamides is 1. The monoisotopic (exact) mass is 412 g/mol. The fourth-order valence-electron chi connectivity index (χ4n) is 4.74. The Morgan fingerprint density at radius 1 is 1.03 bits per heavy atom. The van der Waals surface area contributed by atoms with Crippen molar-refractivity contribution < 1.29 is 13.2 Å². The summed E-state index contributed by atoms with van der Waals surface area (Å²) in [4.78, 5) is 13.1. The van der Waals surface area contributed by atoms with Crippen molar-refractivity contribution in [1.29, 1.82) is 0 Å². The largest absolute Gasteiger partial charge is 0.352 e. The SMILES string of the molecule is Cc1ccc(S(=O)(=O)N(CC(=O)N[C@H]2C[C@H]3CC[C@H]2C3)c2cccc(C)c2)cc1. The maximum atomic E-state index is 13.4. The highest BCUT2D eigenvalue weighted by molar-refractivity contribution is 7.92. The van der Waals surface area contributed by atoms with Gasteiger partial charge in [0.2, 0.25) is 5.91 Å². The van der Waals surface area contributed by atoms with E-state index in [-0.39, 0.29) is 23.4 Å². The highest BCUT2D eigenvalue weighted by Gasteiger charge is 2.40. The van der Waals surface area contributed by atoms with E-state index in [0.717, 1.165) is 23.5 Å². The third-order valence-corrected chi connectivity index (χ3v) is 8.06. The summed E-state index contributed by atoms with van der Waals surface area (Å²) in [6.07, 6.45) is 4.63. The van der Waals surface area contributed by atoms with Crippen molar-refractivity contribution in [2.75, 3.05) is 10.8 Å². The summed E-state index contributed by atoms with van der Waals surface area (Å²) in [6, 6.07) is 14.2. The van der Waals surface area contributed by atoms with Crippen LogP contribution in [0.2, 0.25) is 0 Å². The molecule has 2 fully saturated rings. The number of hydrogen-bond donors (Lipinski definition) is 1. The number of benzene rings is 2. The minimum absolute atomic E-state index is 0.183. The molecule has 3 atom stereocenters. The molecule has 6 heteroatoms. The summed E-state index contributed by atoms with van der Waals surface area (Å²) < 4.78 is 28.0. The van der Waals surface area contributed by atoms with Gasteiger partial charge in [-0.25, -0.2) is 8.42 Å². The molecular formula is C23H28N2O3S. The van der Waals surface area contributed by atoms with Crippen LogP contribution in [0.5, 0.6) is 0 Å². The number of nitrogens with one attached hydrogen (secondary N) is 1. The number of amides is 1. The molecule has 1 amide bonds. The molecule has 29 heavy (non-hydrogen) atoms. The molecule has 0 heterocycles. The fraction of sp³-hybridized carbons (Fsp3) is 0.435. The number of carbonyl (C=O) groups is 1. The average molecular weight is 413 g/mol. The van der Waals surface area contributed by atoms with Crippen LogP contribution in [0.4, 0.5) is 5.69 Å². The molecule has 5 nitrogen and oxygen atoms in total. The van der Waals surface area contributed by atoms with Crippen molar-refractivity contribution in [3.8, 4) is 0 Å². The van der Waals surface area contributed by atoms with Gasteiger partial charge in [0.25, 0.3) is 10.0 Å². The van der Waals surface area contributed by atoms with Gasteiger partial charge in [-0.2, -0.15) is 0 Å². The summed E-state index contributed by atoms with van der Waals surface area (Å²) in [6.45, 7) is 3.61. The lowest BCUT2D eigenvalue weighted by molar-refractivity contribution is -0.120. The molecule has 0 aromatic heterocycles. The van der Waals surface area contributed by atoms with Gasteiger partial charge in [0.15, 0.2) is 0 Å². The number of nitrogens with zero attached hydrogens (tertiary/aromatic N) is 1. The number of anilines is 1. The Hall–Kier alpha value is -2.34. The van der Waals surface area contributed by atoms with Crippen LogP contribution in [0.25, 0.3) is 0 Å². The Balaban J connectivity index is 1.60. The van der Waals surface area contributed by atoms with E-state index < -0.39 is 10.0 Å². The Bertz CT molecular complexity index is 1000. The molecule has 154 valence electrons. The summed E-state index contributed by atoms with van der Waals surface area (Å²) >= 11 is 0. The average Bonchev–Trinajstić information content (AvgIpc) is 3.29. The molecule has 2 aliphatic rings. The predicted octanol–water partition coefficient (Wildman–Crippen LogP) is 3.80. The second-order valence-corrected chi connectivity index (χ2v) is 10.4. The number of hydrogen-bond acceptors (Lipinski definition) is 3. The molecule has 2 saturated carbocycles. The van der Waals surface area contributed by atoms with Crippen molar-refractivity contribution in [3.05, 3.63) is 59.7 Å². The Morgan fingerprint density at radius 3 is 2.41 bits per heavy atom. The van der Waals surface area contributed by atoms with Crippen molar-refractivity contribution in [2.24, 2.45) is 11.8 Å². The lowest BCUT2D eigenvalue weighted by atomic mass is 9.95. The van der Waals surface area contributed by atoms with Gasteiger partial charge >= 0.3 is 0 Å². The van der Waals surface area contributed by atoms with Crippen molar-refractivity contribution in [3.63, 3.8) is 0 Å². The van der Waals surface area contributed by atoms with Crippen LogP contribution in [0.1, 0.15) is 36.8 Å². The molecule has 0 unspecified atom stereocenters. The van der Waals surface area contributed by atoms with E-state index in [9.17, 15) is 13.2 Å². The quantitative estimate of drug-likeness (QED) is 0.785. The number of aryl methyl sites for hydroxylation is 2. The zero-order valence-electron chi connectivity index (χ0n) is 17.0. The third-order valence-electron chi connectivity index (χ3n) is 6.27. The lowest BCUT2D eigenvalue weighted by Gasteiger charge is -2.27. The van der Waals surface area contributed by atoms with E-state index >= 15 is 0 Å². The van der Waals surface area contributed by atoms with E-state index in [1.165, 1.54) is 23.6 Å². The Morgan fingerprint density at radius 2 is 1.79 bits per heavy atom. The first-order chi connectivity index (χ1) is 13.8. The van der Waals surface area contributed by atoms with Crippen molar-refractivity contribution >= 4 is 21.6 Å². The van der Waals surface area contributed by atoms with Crippen molar-refractivity contribution in [2.45, 2.75) is 50.5 Å². The summed E-state index contributed by atoms with van der Waals surface area (Å²) in [7, 11) is -3.85. The van der Waals surface area contributed by atoms with Gasteiger partial charge in [-0.3, -0.25) is 9.10 Å². The maximum Gasteiger partial charge on any atom is 0.264 e. The zero-order chi connectivity index (χ0) is 20.6. The molecule has 0 radical (unpaired) electrons. The van der Waals surface area contributed by atoms with Gasteiger partial charge in [0.05, 0.1) is 10.6 Å².